The highest BCUT2D eigenvalue weighted by Crippen LogP contribution is 2.48. The molecule has 3 rings (SSSR count). The van der Waals surface area contributed by atoms with Crippen molar-refractivity contribution in [3.8, 4) is 5.75 Å². The zero-order valence-corrected chi connectivity index (χ0v) is 15.0. The minimum atomic E-state index is -1.02. The molecule has 2 aromatic carbocycles. The molecule has 0 heterocycles. The lowest BCUT2D eigenvalue weighted by Gasteiger charge is -2.17. The number of carboxylic acids is 1. The lowest BCUT2D eigenvalue weighted by Crippen LogP contribution is -2.34. The summed E-state index contributed by atoms with van der Waals surface area (Å²) in [6.07, 6.45) is 1.73. The fraction of sp³-hybridized carbons (Fsp3) is 0.333. The molecule has 1 saturated carbocycles. The zero-order valence-electron chi connectivity index (χ0n) is 15.0. The van der Waals surface area contributed by atoms with Crippen molar-refractivity contribution < 1.29 is 19.4 Å². The van der Waals surface area contributed by atoms with Crippen LogP contribution in [0.25, 0.3) is 0 Å². The molecular weight excluding hydrogens is 330 g/mol. The summed E-state index contributed by atoms with van der Waals surface area (Å²) in [6, 6.07) is 13.4. The highest BCUT2D eigenvalue weighted by Gasteiger charge is 2.51. The van der Waals surface area contributed by atoms with E-state index in [2.05, 4.69) is 23.5 Å². The smallest absolute Gasteiger partial charge is 0.341 e. The Morgan fingerprint density at radius 1 is 1.12 bits per heavy atom. The lowest BCUT2D eigenvalue weighted by molar-refractivity contribution is -0.139. The van der Waals surface area contributed by atoms with Crippen molar-refractivity contribution in [2.75, 3.05) is 6.61 Å². The van der Waals surface area contributed by atoms with Crippen LogP contribution in [0.3, 0.4) is 0 Å². The molecule has 2 aromatic rings. The monoisotopic (exact) mass is 353 g/mol. The van der Waals surface area contributed by atoms with E-state index in [-0.39, 0.29) is 12.5 Å². The van der Waals surface area contributed by atoms with E-state index in [4.69, 9.17) is 9.84 Å². The summed E-state index contributed by atoms with van der Waals surface area (Å²) in [5.41, 5.74) is 3.89. The van der Waals surface area contributed by atoms with Crippen molar-refractivity contribution in [3.63, 3.8) is 0 Å². The molecule has 1 amide bonds. The molecule has 0 radical (unpaired) electrons. The highest BCUT2D eigenvalue weighted by molar-refractivity contribution is 5.91. The average Bonchev–Trinajstić information content (AvgIpc) is 3.39. The second-order valence-electron chi connectivity index (χ2n) is 6.97. The van der Waals surface area contributed by atoms with Gasteiger partial charge in [0.05, 0.1) is 5.41 Å². The van der Waals surface area contributed by atoms with Gasteiger partial charge in [0.2, 0.25) is 5.91 Å². The van der Waals surface area contributed by atoms with Crippen LogP contribution in [0.1, 0.15) is 35.1 Å². The summed E-state index contributed by atoms with van der Waals surface area (Å²) < 4.78 is 5.18. The van der Waals surface area contributed by atoms with Gasteiger partial charge in [0.15, 0.2) is 6.61 Å². The Balaban J connectivity index is 1.65. The first-order chi connectivity index (χ1) is 12.4. The standard InChI is InChI=1S/C21H23NO4/c1-14-8-15(2)10-17(9-14)21(6-7-21)20(25)22-12-16-4-3-5-18(11-16)26-13-19(23)24/h3-5,8-11H,6-7,12-13H2,1-2H3,(H,22,25)(H,23,24). The SMILES string of the molecule is Cc1cc(C)cc(C2(C(=O)NCc3cccc(OCC(=O)O)c3)CC2)c1. The Bertz CT molecular complexity index is 819. The van der Waals surface area contributed by atoms with Crippen LogP contribution in [-0.2, 0) is 21.5 Å². The average molecular weight is 353 g/mol. The second-order valence-corrected chi connectivity index (χ2v) is 6.97. The van der Waals surface area contributed by atoms with Gasteiger partial charge in [-0.1, -0.05) is 41.5 Å². The van der Waals surface area contributed by atoms with Crippen LogP contribution in [-0.4, -0.2) is 23.6 Å². The Morgan fingerprint density at radius 2 is 1.81 bits per heavy atom. The molecule has 0 aliphatic heterocycles. The summed E-state index contributed by atoms with van der Waals surface area (Å²) >= 11 is 0. The largest absolute Gasteiger partial charge is 0.482 e. The van der Waals surface area contributed by atoms with Gasteiger partial charge in [-0.25, -0.2) is 4.79 Å². The number of hydrogen-bond acceptors (Lipinski definition) is 3. The molecule has 0 spiro atoms. The first kappa shape index (κ1) is 18.0. The van der Waals surface area contributed by atoms with Crippen LogP contribution < -0.4 is 10.1 Å². The fourth-order valence-corrected chi connectivity index (χ4v) is 3.26. The molecule has 5 nitrogen and oxygen atoms in total. The van der Waals surface area contributed by atoms with Gasteiger partial charge >= 0.3 is 5.97 Å². The number of amides is 1. The number of carbonyl (C=O) groups is 2. The third-order valence-corrected chi connectivity index (χ3v) is 4.67. The predicted octanol–water partition coefficient (Wildman–Crippen LogP) is 3.11. The number of carboxylic acid groups (broad SMARTS) is 1. The highest BCUT2D eigenvalue weighted by atomic mass is 16.5. The molecule has 1 fully saturated rings. The molecule has 0 unspecified atom stereocenters. The van der Waals surface area contributed by atoms with Crippen LogP contribution in [0.2, 0.25) is 0 Å². The van der Waals surface area contributed by atoms with Crippen molar-refractivity contribution >= 4 is 11.9 Å². The van der Waals surface area contributed by atoms with Crippen LogP contribution in [0, 0.1) is 13.8 Å². The van der Waals surface area contributed by atoms with Gasteiger partial charge in [-0.2, -0.15) is 0 Å². The molecule has 26 heavy (non-hydrogen) atoms. The van der Waals surface area contributed by atoms with Crippen LogP contribution in [0.5, 0.6) is 5.75 Å². The number of carbonyl (C=O) groups excluding carboxylic acids is 1. The molecule has 0 bridgehead atoms. The van der Waals surface area contributed by atoms with Crippen molar-refractivity contribution in [1.82, 2.24) is 5.32 Å². The number of rotatable bonds is 7. The number of hydrogen-bond donors (Lipinski definition) is 2. The summed E-state index contributed by atoms with van der Waals surface area (Å²) in [7, 11) is 0. The third-order valence-electron chi connectivity index (χ3n) is 4.67. The van der Waals surface area contributed by atoms with Gasteiger partial charge in [-0.05, 0) is 49.9 Å². The Morgan fingerprint density at radius 3 is 2.42 bits per heavy atom. The first-order valence-corrected chi connectivity index (χ1v) is 8.70. The van der Waals surface area contributed by atoms with E-state index in [0.717, 1.165) is 24.0 Å². The van der Waals surface area contributed by atoms with Crippen LogP contribution in [0.4, 0.5) is 0 Å². The summed E-state index contributed by atoms with van der Waals surface area (Å²) in [5, 5.41) is 11.7. The van der Waals surface area contributed by atoms with Gasteiger partial charge in [0.25, 0.3) is 0 Å². The maximum Gasteiger partial charge on any atom is 0.341 e. The quantitative estimate of drug-likeness (QED) is 0.802. The van der Waals surface area contributed by atoms with E-state index >= 15 is 0 Å². The summed E-state index contributed by atoms with van der Waals surface area (Å²) in [5.74, 6) is -0.498. The van der Waals surface area contributed by atoms with Crippen LogP contribution in [0.15, 0.2) is 42.5 Å². The molecule has 5 heteroatoms. The van der Waals surface area contributed by atoms with E-state index < -0.39 is 11.4 Å². The molecule has 0 aromatic heterocycles. The van der Waals surface area contributed by atoms with E-state index in [1.54, 1.807) is 18.2 Å². The van der Waals surface area contributed by atoms with E-state index in [1.165, 1.54) is 11.1 Å². The van der Waals surface area contributed by atoms with Crippen molar-refractivity contribution in [3.05, 3.63) is 64.7 Å². The Hall–Kier alpha value is -2.82. The number of aliphatic carboxylic acids is 1. The predicted molar refractivity (Wildman–Crippen MR) is 98.2 cm³/mol. The first-order valence-electron chi connectivity index (χ1n) is 8.70. The minimum Gasteiger partial charge on any atom is -0.482 e. The maximum absolute atomic E-state index is 12.8. The van der Waals surface area contributed by atoms with Gasteiger partial charge in [-0.15, -0.1) is 0 Å². The zero-order chi connectivity index (χ0) is 18.7. The molecule has 1 aliphatic rings. The number of benzene rings is 2. The number of aryl methyl sites for hydroxylation is 2. The summed E-state index contributed by atoms with van der Waals surface area (Å²) in [4.78, 5) is 23.4. The van der Waals surface area contributed by atoms with Crippen molar-refractivity contribution in [2.24, 2.45) is 0 Å². The van der Waals surface area contributed by atoms with E-state index in [1.807, 2.05) is 19.9 Å². The second kappa shape index (κ2) is 7.20. The van der Waals surface area contributed by atoms with Crippen molar-refractivity contribution in [2.45, 2.75) is 38.6 Å². The van der Waals surface area contributed by atoms with Gasteiger partial charge < -0.3 is 15.2 Å². The number of nitrogens with one attached hydrogen (secondary N) is 1. The normalized spacial score (nSPS) is 14.5. The minimum absolute atomic E-state index is 0.0411. The van der Waals surface area contributed by atoms with Crippen molar-refractivity contribution in [1.29, 1.82) is 0 Å². The lowest BCUT2D eigenvalue weighted by atomic mass is 9.92. The molecular formula is C21H23NO4. The van der Waals surface area contributed by atoms with E-state index in [0.29, 0.717) is 12.3 Å². The van der Waals surface area contributed by atoms with Gasteiger partial charge in [0, 0.05) is 6.54 Å². The molecule has 0 atom stereocenters. The maximum atomic E-state index is 12.8. The summed E-state index contributed by atoms with van der Waals surface area (Å²) in [6.45, 7) is 4.10. The Kier molecular flexibility index (Phi) is 4.98. The van der Waals surface area contributed by atoms with Gasteiger partial charge in [-0.3, -0.25) is 4.79 Å². The van der Waals surface area contributed by atoms with Crippen LogP contribution >= 0.6 is 0 Å². The topological polar surface area (TPSA) is 75.6 Å². The molecule has 136 valence electrons. The molecule has 2 N–H and O–H groups in total. The van der Waals surface area contributed by atoms with Gasteiger partial charge in [0.1, 0.15) is 5.75 Å². The molecule has 0 saturated heterocycles. The Labute approximate surface area is 153 Å². The number of ether oxygens (including phenoxy) is 1. The molecule has 1 aliphatic carbocycles. The van der Waals surface area contributed by atoms with E-state index in [9.17, 15) is 9.59 Å². The fourth-order valence-electron chi connectivity index (χ4n) is 3.26. The third kappa shape index (κ3) is 4.04.